The minimum Gasteiger partial charge on any atom is -0.495 e. The van der Waals surface area contributed by atoms with Crippen molar-refractivity contribution >= 4 is 48.3 Å². The van der Waals surface area contributed by atoms with Gasteiger partial charge in [-0.05, 0) is 66.6 Å². The van der Waals surface area contributed by atoms with Crippen LogP contribution in [0.2, 0.25) is 0 Å². The third-order valence-corrected chi connectivity index (χ3v) is 9.72. The van der Waals surface area contributed by atoms with Gasteiger partial charge in [-0.2, -0.15) is 0 Å². The van der Waals surface area contributed by atoms with Crippen LogP contribution in [-0.4, -0.2) is 40.1 Å². The number of carbonyl (C=O) groups is 1. The molecule has 11 heteroatoms. The predicted molar refractivity (Wildman–Crippen MR) is 153 cm³/mol. The van der Waals surface area contributed by atoms with E-state index in [1.54, 1.807) is 44.7 Å². The number of amides is 1. The Hall–Kier alpha value is -4.35. The molecule has 0 saturated carbocycles. The topological polar surface area (TPSA) is 102 Å². The number of anilines is 2. The number of sulfonamides is 1. The number of fused-ring (bicyclic) bond motifs is 2. The van der Waals surface area contributed by atoms with Crippen LogP contribution in [0.3, 0.4) is 0 Å². The summed E-state index contributed by atoms with van der Waals surface area (Å²) in [6.45, 7) is 0.505. The lowest BCUT2D eigenvalue weighted by molar-refractivity contribution is 0.0983. The maximum Gasteiger partial charge on any atom is 0.264 e. The molecule has 1 aliphatic rings. The number of benzene rings is 3. The lowest BCUT2D eigenvalue weighted by atomic mass is 10.2. The smallest absolute Gasteiger partial charge is 0.264 e. The number of nitrogens with zero attached hydrogens (tertiary/aromatic N) is 3. The summed E-state index contributed by atoms with van der Waals surface area (Å²) in [5.74, 6) is 1.38. The molecule has 0 atom stereocenters. The van der Waals surface area contributed by atoms with Crippen LogP contribution in [0.4, 0.5) is 10.8 Å². The molecule has 0 saturated heterocycles. The third-order valence-electron chi connectivity index (χ3n) is 6.80. The van der Waals surface area contributed by atoms with Gasteiger partial charge in [0.05, 0.1) is 37.6 Å². The van der Waals surface area contributed by atoms with Gasteiger partial charge in [0.1, 0.15) is 27.5 Å². The zero-order valence-corrected chi connectivity index (χ0v) is 23.4. The molecule has 0 N–H and O–H groups in total. The second-order valence-electron chi connectivity index (χ2n) is 9.10. The van der Waals surface area contributed by atoms with Crippen molar-refractivity contribution in [2.75, 3.05) is 30.0 Å². The van der Waals surface area contributed by atoms with E-state index in [2.05, 4.69) is 0 Å². The van der Waals surface area contributed by atoms with E-state index in [0.29, 0.717) is 52.1 Å². The Morgan fingerprint density at radius 2 is 1.75 bits per heavy atom. The number of hydrogen-bond acceptors (Lipinski definition) is 8. The van der Waals surface area contributed by atoms with Gasteiger partial charge in [0.25, 0.3) is 15.9 Å². The molecule has 0 unspecified atom stereocenters. The quantitative estimate of drug-likeness (QED) is 0.241. The van der Waals surface area contributed by atoms with Gasteiger partial charge in [0.2, 0.25) is 0 Å². The van der Waals surface area contributed by atoms with Crippen LogP contribution in [-0.2, 0) is 23.0 Å². The van der Waals surface area contributed by atoms with E-state index in [1.165, 1.54) is 44.8 Å². The number of furan rings is 1. The standard InChI is InChI=1S/C29H25N3O6S2/c1-36-24-13-14-25(37-2)27-26(24)30-29(39-27)31(18-21-7-5-17-38-21)28(33)20-9-11-22(12-10-20)40(34,35)32-16-15-19-6-3-4-8-23(19)32/h3-14,17H,15-16,18H2,1-2H3. The first kappa shape index (κ1) is 25.9. The average Bonchev–Trinajstić information content (AvgIpc) is 3.75. The zero-order valence-electron chi connectivity index (χ0n) is 21.7. The summed E-state index contributed by atoms with van der Waals surface area (Å²) in [4.78, 5) is 20.2. The number of hydrogen-bond donors (Lipinski definition) is 0. The molecular weight excluding hydrogens is 550 g/mol. The Morgan fingerprint density at radius 1 is 1.00 bits per heavy atom. The van der Waals surface area contributed by atoms with E-state index in [0.717, 1.165) is 10.3 Å². The normalized spacial score (nSPS) is 12.9. The molecule has 0 spiro atoms. The summed E-state index contributed by atoms with van der Waals surface area (Å²) in [7, 11) is -0.655. The molecule has 0 fully saturated rings. The summed E-state index contributed by atoms with van der Waals surface area (Å²) in [6.07, 6.45) is 2.20. The SMILES string of the molecule is COc1ccc(OC)c2sc(N(Cc3ccco3)C(=O)c3ccc(S(=O)(=O)N4CCc5ccccc54)cc3)nc12. The second-order valence-corrected chi connectivity index (χ2v) is 11.9. The molecule has 204 valence electrons. The molecule has 5 aromatic rings. The predicted octanol–water partition coefficient (Wildman–Crippen LogP) is 5.50. The van der Waals surface area contributed by atoms with Crippen molar-refractivity contribution in [1.82, 2.24) is 4.98 Å². The fourth-order valence-electron chi connectivity index (χ4n) is 4.78. The van der Waals surface area contributed by atoms with Crippen molar-refractivity contribution in [3.05, 3.63) is 95.9 Å². The number of aromatic nitrogens is 1. The fraction of sp³-hybridized carbons (Fsp3) is 0.172. The van der Waals surface area contributed by atoms with Crippen LogP contribution in [0.5, 0.6) is 11.5 Å². The Balaban J connectivity index is 1.35. The van der Waals surface area contributed by atoms with E-state index in [1.807, 2.05) is 24.3 Å². The van der Waals surface area contributed by atoms with Gasteiger partial charge in [0.15, 0.2) is 5.13 Å². The maximum absolute atomic E-state index is 13.9. The van der Waals surface area contributed by atoms with E-state index in [-0.39, 0.29) is 17.3 Å². The van der Waals surface area contributed by atoms with Gasteiger partial charge < -0.3 is 13.9 Å². The maximum atomic E-state index is 13.9. The summed E-state index contributed by atoms with van der Waals surface area (Å²) >= 11 is 1.29. The number of rotatable bonds is 8. The highest BCUT2D eigenvalue weighted by Gasteiger charge is 2.31. The number of carbonyl (C=O) groups excluding carboxylic acids is 1. The van der Waals surface area contributed by atoms with Crippen LogP contribution < -0.4 is 18.7 Å². The molecule has 40 heavy (non-hydrogen) atoms. The molecule has 1 aliphatic heterocycles. The molecule has 0 radical (unpaired) electrons. The summed E-state index contributed by atoms with van der Waals surface area (Å²) in [5.41, 5.74) is 2.57. The monoisotopic (exact) mass is 575 g/mol. The van der Waals surface area contributed by atoms with Gasteiger partial charge in [-0.3, -0.25) is 14.0 Å². The van der Waals surface area contributed by atoms with E-state index in [9.17, 15) is 13.2 Å². The van der Waals surface area contributed by atoms with Crippen molar-refractivity contribution in [3.63, 3.8) is 0 Å². The highest BCUT2D eigenvalue weighted by atomic mass is 32.2. The highest BCUT2D eigenvalue weighted by Crippen LogP contribution is 2.41. The summed E-state index contributed by atoms with van der Waals surface area (Å²) in [6, 6.07) is 20.6. The van der Waals surface area contributed by atoms with Crippen molar-refractivity contribution in [1.29, 1.82) is 0 Å². The Bertz CT molecular complexity index is 1760. The van der Waals surface area contributed by atoms with Gasteiger partial charge in [-0.15, -0.1) is 0 Å². The molecule has 1 amide bonds. The second kappa shape index (κ2) is 10.3. The first-order valence-electron chi connectivity index (χ1n) is 12.5. The largest absolute Gasteiger partial charge is 0.495 e. The van der Waals surface area contributed by atoms with Gasteiger partial charge >= 0.3 is 0 Å². The number of thiazole rings is 1. The van der Waals surface area contributed by atoms with Crippen molar-refractivity contribution in [2.24, 2.45) is 0 Å². The van der Waals surface area contributed by atoms with Crippen molar-refractivity contribution in [2.45, 2.75) is 17.9 Å². The fourth-order valence-corrected chi connectivity index (χ4v) is 7.36. The first-order chi connectivity index (χ1) is 19.4. The molecule has 9 nitrogen and oxygen atoms in total. The Morgan fingerprint density at radius 3 is 2.48 bits per heavy atom. The lowest BCUT2D eigenvalue weighted by Gasteiger charge is -2.21. The lowest BCUT2D eigenvalue weighted by Crippen LogP contribution is -2.31. The number of para-hydroxylation sites is 1. The Labute approximate surface area is 235 Å². The highest BCUT2D eigenvalue weighted by molar-refractivity contribution is 7.92. The van der Waals surface area contributed by atoms with E-state index < -0.39 is 10.0 Å². The summed E-state index contributed by atoms with van der Waals surface area (Å²) in [5, 5.41) is 0.421. The van der Waals surface area contributed by atoms with Crippen LogP contribution in [0.1, 0.15) is 21.7 Å². The number of ether oxygens (including phenoxy) is 2. The third kappa shape index (κ3) is 4.46. The van der Waals surface area contributed by atoms with Crippen molar-refractivity contribution in [3.8, 4) is 11.5 Å². The van der Waals surface area contributed by atoms with Gasteiger partial charge in [0, 0.05) is 12.1 Å². The van der Waals surface area contributed by atoms with Crippen molar-refractivity contribution < 1.29 is 27.1 Å². The van der Waals surface area contributed by atoms with E-state index >= 15 is 0 Å². The van der Waals surface area contributed by atoms with E-state index in [4.69, 9.17) is 18.9 Å². The van der Waals surface area contributed by atoms with Gasteiger partial charge in [-0.25, -0.2) is 13.4 Å². The molecule has 2 aromatic heterocycles. The van der Waals surface area contributed by atoms with Crippen LogP contribution >= 0.6 is 11.3 Å². The molecular formula is C29H25N3O6S2. The van der Waals surface area contributed by atoms with Gasteiger partial charge in [-0.1, -0.05) is 29.5 Å². The summed E-state index contributed by atoms with van der Waals surface area (Å²) < 4.78 is 45.6. The molecule has 0 bridgehead atoms. The van der Waals surface area contributed by atoms with Crippen LogP contribution in [0.15, 0.2) is 88.4 Å². The molecule has 6 rings (SSSR count). The first-order valence-corrected chi connectivity index (χ1v) is 14.7. The zero-order chi connectivity index (χ0) is 27.9. The van der Waals surface area contributed by atoms with Crippen LogP contribution in [0.25, 0.3) is 10.2 Å². The molecule has 0 aliphatic carbocycles. The average molecular weight is 576 g/mol. The van der Waals surface area contributed by atoms with Crippen LogP contribution in [0, 0.1) is 0 Å². The minimum atomic E-state index is -3.79. The minimum absolute atomic E-state index is 0.118. The Kier molecular flexibility index (Phi) is 6.68. The molecule has 3 heterocycles. The number of methoxy groups -OCH3 is 2. The molecule has 3 aromatic carbocycles.